The van der Waals surface area contributed by atoms with Gasteiger partial charge in [-0.25, -0.2) is 0 Å². The molecule has 5 heteroatoms. The maximum absolute atomic E-state index is 6.10. The second kappa shape index (κ2) is 10.5. The van der Waals surface area contributed by atoms with Crippen LogP contribution >= 0.6 is 31.9 Å². The topological polar surface area (TPSA) is 30.5 Å². The van der Waals surface area contributed by atoms with Crippen LogP contribution in [0.25, 0.3) is 0 Å². The van der Waals surface area contributed by atoms with Crippen molar-refractivity contribution in [3.63, 3.8) is 0 Å². The molecule has 4 rings (SSSR count). The maximum Gasteiger partial charge on any atom is 0.127 e. The Kier molecular flexibility index (Phi) is 7.28. The zero-order chi connectivity index (χ0) is 21.5. The lowest BCUT2D eigenvalue weighted by molar-refractivity contribution is 0.303. The van der Waals surface area contributed by atoms with Crippen molar-refractivity contribution in [2.75, 3.05) is 5.32 Å². The van der Waals surface area contributed by atoms with Gasteiger partial charge in [-0.2, -0.15) is 0 Å². The third-order valence-electron chi connectivity index (χ3n) is 4.65. The SMILES string of the molecule is Brc1ccc(COc2ccc(Br)cc2CNc2ccc(Oc3ccccc3)cc2)cc1. The van der Waals surface area contributed by atoms with Crippen LogP contribution < -0.4 is 14.8 Å². The Morgan fingerprint density at radius 1 is 0.677 bits per heavy atom. The largest absolute Gasteiger partial charge is 0.489 e. The summed E-state index contributed by atoms with van der Waals surface area (Å²) in [6, 6.07) is 31.9. The molecule has 4 aromatic carbocycles. The van der Waals surface area contributed by atoms with Crippen molar-refractivity contribution in [2.45, 2.75) is 13.2 Å². The molecule has 0 saturated carbocycles. The number of rotatable bonds is 8. The van der Waals surface area contributed by atoms with Crippen molar-refractivity contribution in [1.82, 2.24) is 0 Å². The van der Waals surface area contributed by atoms with E-state index in [4.69, 9.17) is 9.47 Å². The Bertz CT molecular complexity index is 1110. The highest BCUT2D eigenvalue weighted by atomic mass is 79.9. The van der Waals surface area contributed by atoms with Gasteiger partial charge in [-0.3, -0.25) is 0 Å². The van der Waals surface area contributed by atoms with Gasteiger partial charge < -0.3 is 14.8 Å². The fourth-order valence-electron chi connectivity index (χ4n) is 3.03. The van der Waals surface area contributed by atoms with E-state index < -0.39 is 0 Å². The van der Waals surface area contributed by atoms with Gasteiger partial charge in [0.1, 0.15) is 23.9 Å². The van der Waals surface area contributed by atoms with Gasteiger partial charge in [-0.1, -0.05) is 62.2 Å². The van der Waals surface area contributed by atoms with Crippen molar-refractivity contribution >= 4 is 37.5 Å². The Labute approximate surface area is 199 Å². The van der Waals surface area contributed by atoms with Crippen molar-refractivity contribution in [2.24, 2.45) is 0 Å². The van der Waals surface area contributed by atoms with Gasteiger partial charge >= 0.3 is 0 Å². The first-order chi connectivity index (χ1) is 15.2. The summed E-state index contributed by atoms with van der Waals surface area (Å²) in [6.45, 7) is 1.17. The minimum atomic E-state index is 0.521. The molecule has 1 N–H and O–H groups in total. The van der Waals surface area contributed by atoms with Gasteiger partial charge in [-0.15, -0.1) is 0 Å². The number of ether oxygens (including phenoxy) is 2. The zero-order valence-electron chi connectivity index (χ0n) is 16.7. The molecule has 0 heterocycles. The zero-order valence-corrected chi connectivity index (χ0v) is 19.9. The summed E-state index contributed by atoms with van der Waals surface area (Å²) in [5, 5.41) is 3.46. The second-order valence-corrected chi connectivity index (χ2v) is 8.79. The first-order valence-corrected chi connectivity index (χ1v) is 11.5. The molecule has 0 radical (unpaired) electrons. The van der Waals surface area contributed by atoms with E-state index in [2.05, 4.69) is 55.4 Å². The van der Waals surface area contributed by atoms with Crippen LogP contribution in [-0.2, 0) is 13.2 Å². The number of halogens is 2. The minimum absolute atomic E-state index is 0.521. The fourth-order valence-corrected chi connectivity index (χ4v) is 3.70. The molecule has 0 aromatic heterocycles. The highest BCUT2D eigenvalue weighted by Gasteiger charge is 2.06. The molecular weight excluding hydrogens is 518 g/mol. The van der Waals surface area contributed by atoms with E-state index >= 15 is 0 Å². The number of para-hydroxylation sites is 1. The standard InChI is InChI=1S/C26H21Br2NO2/c27-21-8-6-19(7-9-21)18-30-26-15-10-22(28)16-20(26)17-29-23-11-13-25(14-12-23)31-24-4-2-1-3-5-24/h1-16,29H,17-18H2. The number of benzene rings is 4. The van der Waals surface area contributed by atoms with Crippen LogP contribution in [0.3, 0.4) is 0 Å². The van der Waals surface area contributed by atoms with Crippen LogP contribution in [0.5, 0.6) is 17.2 Å². The van der Waals surface area contributed by atoms with E-state index in [-0.39, 0.29) is 0 Å². The smallest absolute Gasteiger partial charge is 0.127 e. The summed E-state index contributed by atoms with van der Waals surface area (Å²) >= 11 is 7.02. The van der Waals surface area contributed by atoms with Crippen LogP contribution in [0.1, 0.15) is 11.1 Å². The number of hydrogen-bond acceptors (Lipinski definition) is 3. The second-order valence-electron chi connectivity index (χ2n) is 6.96. The quantitative estimate of drug-likeness (QED) is 0.245. The summed E-state index contributed by atoms with van der Waals surface area (Å²) in [5.41, 5.74) is 3.22. The lowest BCUT2D eigenvalue weighted by Crippen LogP contribution is -2.04. The third-order valence-corrected chi connectivity index (χ3v) is 5.67. The van der Waals surface area contributed by atoms with E-state index in [1.165, 1.54) is 0 Å². The van der Waals surface area contributed by atoms with Crippen molar-refractivity contribution < 1.29 is 9.47 Å². The molecule has 0 unspecified atom stereocenters. The highest BCUT2D eigenvalue weighted by Crippen LogP contribution is 2.27. The average Bonchev–Trinajstić information content (AvgIpc) is 2.80. The van der Waals surface area contributed by atoms with Crippen LogP contribution in [0.4, 0.5) is 5.69 Å². The minimum Gasteiger partial charge on any atom is -0.489 e. The van der Waals surface area contributed by atoms with E-state index in [1.54, 1.807) is 0 Å². The molecule has 0 atom stereocenters. The molecule has 0 bridgehead atoms. The molecule has 31 heavy (non-hydrogen) atoms. The van der Waals surface area contributed by atoms with Crippen molar-refractivity contribution in [3.8, 4) is 17.2 Å². The summed E-state index contributed by atoms with van der Waals surface area (Å²) in [4.78, 5) is 0. The van der Waals surface area contributed by atoms with Crippen LogP contribution in [0.2, 0.25) is 0 Å². The monoisotopic (exact) mass is 537 g/mol. The Balaban J connectivity index is 1.38. The predicted octanol–water partition coefficient (Wildman–Crippen LogP) is 8.20. The van der Waals surface area contributed by atoms with Gasteiger partial charge in [0.25, 0.3) is 0 Å². The Morgan fingerprint density at radius 2 is 1.35 bits per heavy atom. The molecule has 0 amide bonds. The first kappa shape index (κ1) is 21.5. The van der Waals surface area contributed by atoms with E-state index in [0.717, 1.165) is 43.0 Å². The fraction of sp³-hybridized carbons (Fsp3) is 0.0769. The molecule has 0 aliphatic heterocycles. The van der Waals surface area contributed by atoms with E-state index in [0.29, 0.717) is 13.2 Å². The summed E-state index contributed by atoms with van der Waals surface area (Å²) < 4.78 is 14.0. The summed E-state index contributed by atoms with van der Waals surface area (Å²) in [5.74, 6) is 2.49. The van der Waals surface area contributed by atoms with E-state index in [1.807, 2.05) is 78.9 Å². The Morgan fingerprint density at radius 3 is 2.10 bits per heavy atom. The molecule has 0 aliphatic rings. The maximum atomic E-state index is 6.10. The van der Waals surface area contributed by atoms with Gasteiger partial charge in [0.05, 0.1) is 0 Å². The molecule has 4 aromatic rings. The van der Waals surface area contributed by atoms with Crippen LogP contribution in [0, 0.1) is 0 Å². The summed E-state index contributed by atoms with van der Waals surface area (Å²) in [6.07, 6.45) is 0. The highest BCUT2D eigenvalue weighted by molar-refractivity contribution is 9.10. The normalized spacial score (nSPS) is 10.5. The average molecular weight is 539 g/mol. The van der Waals surface area contributed by atoms with Gasteiger partial charge in [0.15, 0.2) is 0 Å². The number of anilines is 1. The number of hydrogen-bond donors (Lipinski definition) is 1. The molecule has 3 nitrogen and oxygen atoms in total. The molecule has 0 spiro atoms. The number of nitrogens with one attached hydrogen (secondary N) is 1. The Hall–Kier alpha value is -2.76. The lowest BCUT2D eigenvalue weighted by atomic mass is 10.2. The van der Waals surface area contributed by atoms with Gasteiger partial charge in [0.2, 0.25) is 0 Å². The van der Waals surface area contributed by atoms with Gasteiger partial charge in [-0.05, 0) is 72.3 Å². The predicted molar refractivity (Wildman–Crippen MR) is 133 cm³/mol. The molecule has 0 saturated heterocycles. The lowest BCUT2D eigenvalue weighted by Gasteiger charge is -2.14. The van der Waals surface area contributed by atoms with Crippen molar-refractivity contribution in [3.05, 3.63) is 117 Å². The molecule has 0 fully saturated rings. The first-order valence-electron chi connectivity index (χ1n) is 9.88. The summed E-state index contributed by atoms with van der Waals surface area (Å²) in [7, 11) is 0. The molecule has 0 aliphatic carbocycles. The molecular formula is C26H21Br2NO2. The van der Waals surface area contributed by atoms with Crippen LogP contribution in [-0.4, -0.2) is 0 Å². The third kappa shape index (κ3) is 6.36. The van der Waals surface area contributed by atoms with Crippen LogP contribution in [0.15, 0.2) is 106 Å². The van der Waals surface area contributed by atoms with Crippen molar-refractivity contribution in [1.29, 1.82) is 0 Å². The molecule has 156 valence electrons. The van der Waals surface area contributed by atoms with Gasteiger partial charge in [0, 0.05) is 26.7 Å². The van der Waals surface area contributed by atoms with E-state index in [9.17, 15) is 0 Å².